The molecular weight excluding hydrogens is 372 g/mol. The molecule has 1 aliphatic heterocycles. The lowest BCUT2D eigenvalue weighted by Crippen LogP contribution is -2.06. The molecule has 1 saturated heterocycles. The van der Waals surface area contributed by atoms with Crippen LogP contribution in [0.5, 0.6) is 11.5 Å². The van der Waals surface area contributed by atoms with E-state index >= 15 is 0 Å². The van der Waals surface area contributed by atoms with Gasteiger partial charge in [0.05, 0.1) is 33.1 Å². The van der Waals surface area contributed by atoms with Crippen LogP contribution in [0.1, 0.15) is 12.0 Å². The number of hydrogen-bond acceptors (Lipinski definition) is 6. The minimum absolute atomic E-state index is 0.347. The van der Waals surface area contributed by atoms with E-state index in [9.17, 15) is 0 Å². The Hall–Kier alpha value is -3.29. The van der Waals surface area contributed by atoms with E-state index in [4.69, 9.17) is 23.5 Å². The van der Waals surface area contributed by atoms with Gasteiger partial charge >= 0.3 is 0 Å². The van der Waals surface area contributed by atoms with Crippen LogP contribution < -0.4 is 9.47 Å². The zero-order chi connectivity index (χ0) is 19.8. The highest BCUT2D eigenvalue weighted by atomic mass is 16.7. The van der Waals surface area contributed by atoms with Crippen LogP contribution in [0.15, 0.2) is 59.3 Å². The minimum Gasteiger partial charge on any atom is -0.493 e. The zero-order valence-electron chi connectivity index (χ0n) is 16.1. The van der Waals surface area contributed by atoms with Crippen molar-refractivity contribution in [2.45, 2.75) is 6.29 Å². The highest BCUT2D eigenvalue weighted by molar-refractivity contribution is 5.93. The summed E-state index contributed by atoms with van der Waals surface area (Å²) < 4.78 is 29.7. The molecule has 2 aromatic heterocycles. The van der Waals surface area contributed by atoms with E-state index in [1.807, 2.05) is 59.3 Å². The summed E-state index contributed by atoms with van der Waals surface area (Å²) in [5.41, 5.74) is 3.54. The second-order valence-corrected chi connectivity index (χ2v) is 6.66. The lowest BCUT2D eigenvalue weighted by Gasteiger charge is -2.13. The van der Waals surface area contributed by atoms with Gasteiger partial charge < -0.3 is 28.0 Å². The topological polar surface area (TPSA) is 67.9 Å². The third-order valence-corrected chi connectivity index (χ3v) is 5.03. The number of aromatic nitrogens is 2. The molecule has 0 N–H and O–H groups in total. The SMILES string of the molecule is COc1ccc(-c2onc3cc(-n4cccc4C4OCCO4)ccc23)cc1OC. The summed E-state index contributed by atoms with van der Waals surface area (Å²) >= 11 is 0. The van der Waals surface area contributed by atoms with Gasteiger partial charge in [0.15, 0.2) is 23.5 Å². The number of nitrogens with zero attached hydrogens (tertiary/aromatic N) is 2. The summed E-state index contributed by atoms with van der Waals surface area (Å²) in [6, 6.07) is 15.7. The monoisotopic (exact) mass is 392 g/mol. The molecule has 0 bridgehead atoms. The van der Waals surface area contributed by atoms with E-state index in [-0.39, 0.29) is 6.29 Å². The van der Waals surface area contributed by atoms with E-state index in [0.717, 1.165) is 27.8 Å². The number of ether oxygens (including phenoxy) is 4. The molecule has 1 aliphatic rings. The van der Waals surface area contributed by atoms with Crippen molar-refractivity contribution >= 4 is 10.9 Å². The Labute approximate surface area is 167 Å². The Morgan fingerprint density at radius 1 is 0.966 bits per heavy atom. The summed E-state index contributed by atoms with van der Waals surface area (Å²) in [6.07, 6.45) is 1.64. The fraction of sp³-hybridized carbons (Fsp3) is 0.227. The maximum atomic E-state index is 5.67. The Balaban J connectivity index is 1.54. The van der Waals surface area contributed by atoms with Crippen LogP contribution in [-0.4, -0.2) is 37.2 Å². The molecule has 1 fully saturated rings. The van der Waals surface area contributed by atoms with E-state index in [2.05, 4.69) is 5.16 Å². The molecule has 148 valence electrons. The van der Waals surface area contributed by atoms with Crippen LogP contribution in [0.2, 0.25) is 0 Å². The molecular formula is C22H20N2O5. The summed E-state index contributed by atoms with van der Waals surface area (Å²) in [5.74, 6) is 1.99. The average Bonchev–Trinajstić information content (AvgIpc) is 3.52. The Bertz CT molecular complexity index is 1160. The van der Waals surface area contributed by atoms with Gasteiger partial charge in [-0.05, 0) is 48.5 Å². The van der Waals surface area contributed by atoms with Crippen molar-refractivity contribution in [3.8, 4) is 28.5 Å². The van der Waals surface area contributed by atoms with Crippen LogP contribution in [0.25, 0.3) is 27.9 Å². The quantitative estimate of drug-likeness (QED) is 0.503. The zero-order valence-corrected chi connectivity index (χ0v) is 16.1. The molecule has 0 aliphatic carbocycles. The van der Waals surface area contributed by atoms with Gasteiger partial charge in [-0.25, -0.2) is 0 Å². The summed E-state index contributed by atoms with van der Waals surface area (Å²) in [7, 11) is 3.22. The molecule has 4 aromatic rings. The fourth-order valence-corrected chi connectivity index (χ4v) is 3.62. The Morgan fingerprint density at radius 3 is 2.59 bits per heavy atom. The van der Waals surface area contributed by atoms with Crippen molar-refractivity contribution in [3.05, 3.63) is 60.4 Å². The lowest BCUT2D eigenvalue weighted by molar-refractivity contribution is -0.0483. The first kappa shape index (κ1) is 17.8. The normalized spacial score (nSPS) is 14.6. The molecule has 2 aromatic carbocycles. The number of benzene rings is 2. The van der Waals surface area contributed by atoms with Crippen molar-refractivity contribution in [2.75, 3.05) is 27.4 Å². The Kier molecular flexibility index (Phi) is 4.46. The molecule has 5 rings (SSSR count). The van der Waals surface area contributed by atoms with Crippen molar-refractivity contribution in [2.24, 2.45) is 0 Å². The molecule has 0 spiro atoms. The van der Waals surface area contributed by atoms with Crippen molar-refractivity contribution in [1.29, 1.82) is 0 Å². The lowest BCUT2D eigenvalue weighted by atomic mass is 10.1. The van der Waals surface area contributed by atoms with Gasteiger partial charge in [0.25, 0.3) is 0 Å². The van der Waals surface area contributed by atoms with E-state index in [1.54, 1.807) is 14.2 Å². The van der Waals surface area contributed by atoms with Crippen LogP contribution in [-0.2, 0) is 9.47 Å². The average molecular weight is 392 g/mol. The maximum Gasteiger partial charge on any atom is 0.199 e. The first-order chi connectivity index (χ1) is 14.3. The van der Waals surface area contributed by atoms with Crippen molar-refractivity contribution in [3.63, 3.8) is 0 Å². The molecule has 29 heavy (non-hydrogen) atoms. The molecule has 0 saturated carbocycles. The molecule has 0 atom stereocenters. The van der Waals surface area contributed by atoms with Crippen LogP contribution in [0.4, 0.5) is 0 Å². The maximum absolute atomic E-state index is 5.67. The van der Waals surface area contributed by atoms with E-state index in [1.165, 1.54) is 0 Å². The highest BCUT2D eigenvalue weighted by Gasteiger charge is 2.22. The van der Waals surface area contributed by atoms with Gasteiger partial charge in [-0.15, -0.1) is 0 Å². The second-order valence-electron chi connectivity index (χ2n) is 6.66. The summed E-state index contributed by atoms with van der Waals surface area (Å²) in [6.45, 7) is 1.21. The van der Waals surface area contributed by atoms with Crippen molar-refractivity contribution in [1.82, 2.24) is 9.72 Å². The predicted octanol–water partition coefficient (Wildman–Crippen LogP) is 4.35. The van der Waals surface area contributed by atoms with Crippen LogP contribution in [0.3, 0.4) is 0 Å². The number of methoxy groups -OCH3 is 2. The standard InChI is InChI=1S/C22H20N2O5/c1-25-19-8-5-14(12-20(19)26-2)21-16-7-6-15(13-17(16)23-29-21)24-9-3-4-18(24)22-27-10-11-28-22/h3-9,12-13,22H,10-11H2,1-2H3. The van der Waals surface area contributed by atoms with Crippen LogP contribution >= 0.6 is 0 Å². The van der Waals surface area contributed by atoms with E-state index in [0.29, 0.717) is 30.5 Å². The number of hydrogen-bond donors (Lipinski definition) is 0. The first-order valence-electron chi connectivity index (χ1n) is 9.31. The third-order valence-electron chi connectivity index (χ3n) is 5.03. The number of fused-ring (bicyclic) bond motifs is 1. The predicted molar refractivity (Wildman–Crippen MR) is 107 cm³/mol. The van der Waals surface area contributed by atoms with Crippen LogP contribution in [0, 0.1) is 0 Å². The molecule has 0 unspecified atom stereocenters. The number of rotatable bonds is 5. The van der Waals surface area contributed by atoms with Gasteiger partial charge in [-0.2, -0.15) is 0 Å². The third kappa shape index (κ3) is 3.04. The molecule has 0 amide bonds. The Morgan fingerprint density at radius 2 is 1.79 bits per heavy atom. The largest absolute Gasteiger partial charge is 0.493 e. The first-order valence-corrected chi connectivity index (χ1v) is 9.31. The second kappa shape index (κ2) is 7.27. The molecule has 0 radical (unpaired) electrons. The van der Waals surface area contributed by atoms with Gasteiger partial charge in [-0.3, -0.25) is 0 Å². The van der Waals surface area contributed by atoms with Crippen molar-refractivity contribution < 1.29 is 23.5 Å². The molecule has 7 nitrogen and oxygen atoms in total. The minimum atomic E-state index is -0.347. The smallest absolute Gasteiger partial charge is 0.199 e. The molecule has 7 heteroatoms. The molecule has 3 heterocycles. The van der Waals surface area contributed by atoms with Gasteiger partial charge in [0.2, 0.25) is 0 Å². The van der Waals surface area contributed by atoms with Gasteiger partial charge in [-0.1, -0.05) is 5.16 Å². The van der Waals surface area contributed by atoms with Gasteiger partial charge in [0.1, 0.15) is 5.52 Å². The summed E-state index contributed by atoms with van der Waals surface area (Å²) in [5, 5.41) is 5.19. The van der Waals surface area contributed by atoms with Gasteiger partial charge in [0, 0.05) is 22.8 Å². The fourth-order valence-electron chi connectivity index (χ4n) is 3.62. The highest BCUT2D eigenvalue weighted by Crippen LogP contribution is 2.36. The summed E-state index contributed by atoms with van der Waals surface area (Å²) in [4.78, 5) is 0. The van der Waals surface area contributed by atoms with E-state index < -0.39 is 0 Å².